The van der Waals surface area contributed by atoms with Crippen LogP contribution in [0.1, 0.15) is 47.0 Å². The number of anilines is 1. The maximum absolute atomic E-state index is 13.3. The van der Waals surface area contributed by atoms with Crippen molar-refractivity contribution in [3.05, 3.63) is 12.4 Å². The van der Waals surface area contributed by atoms with Gasteiger partial charge in [0.25, 0.3) is 0 Å². The fourth-order valence-corrected chi connectivity index (χ4v) is 3.70. The number of nitrogens with two attached hydrogens (primary N) is 1. The van der Waals surface area contributed by atoms with E-state index in [0.717, 1.165) is 0 Å². The molecule has 4 amide bonds. The van der Waals surface area contributed by atoms with Crippen molar-refractivity contribution in [3.63, 3.8) is 0 Å². The minimum absolute atomic E-state index is 0.0540. The van der Waals surface area contributed by atoms with E-state index < -0.39 is 35.1 Å². The number of nitrogens with zero attached hydrogens (tertiary/aromatic N) is 3. The Balaban J connectivity index is 2.15. The first-order chi connectivity index (χ1) is 15.4. The molecule has 0 radical (unpaired) electrons. The number of alkyl carbamates (subject to hydrolysis) is 1. The molecule has 0 bridgehead atoms. The number of hydrogen-bond donors (Lipinski definition) is 4. The Kier molecular flexibility index (Phi) is 8.29. The molecule has 184 valence electrons. The quantitative estimate of drug-likeness (QED) is 0.420. The second-order valence-electron chi connectivity index (χ2n) is 9.16. The zero-order valence-electron chi connectivity index (χ0n) is 19.9. The largest absolute Gasteiger partial charge is 0.444 e. The molecular weight excluding hydrogens is 430 g/mol. The molecule has 5 N–H and O–H groups in total. The van der Waals surface area contributed by atoms with Crippen molar-refractivity contribution in [1.82, 2.24) is 30.4 Å². The summed E-state index contributed by atoms with van der Waals surface area (Å²) >= 11 is 0. The molecule has 1 aliphatic rings. The molecule has 12 heteroatoms. The van der Waals surface area contributed by atoms with Gasteiger partial charge in [-0.25, -0.2) is 9.78 Å². The summed E-state index contributed by atoms with van der Waals surface area (Å²) in [5, 5.41) is 7.96. The Labute approximate surface area is 193 Å². The number of aromatic nitrogens is 2. The Morgan fingerprint density at radius 3 is 2.52 bits per heavy atom. The van der Waals surface area contributed by atoms with Crippen molar-refractivity contribution in [2.45, 2.75) is 70.7 Å². The maximum Gasteiger partial charge on any atom is 0.408 e. The summed E-state index contributed by atoms with van der Waals surface area (Å²) in [5.41, 5.74) is 3.77. The molecule has 1 saturated heterocycles. The van der Waals surface area contributed by atoms with Gasteiger partial charge in [0.2, 0.25) is 17.7 Å². The van der Waals surface area contributed by atoms with E-state index in [1.165, 1.54) is 18.9 Å². The first kappa shape index (κ1) is 25.9. The van der Waals surface area contributed by atoms with Crippen molar-refractivity contribution < 1.29 is 23.9 Å². The van der Waals surface area contributed by atoms with Crippen molar-refractivity contribution in [2.24, 2.45) is 0 Å². The molecule has 1 aromatic heterocycles. The fraction of sp³-hybridized carbons (Fsp3) is 0.667. The molecular formula is C21H35N7O5. The standard InChI is InChI=1S/C21H35N7O5/c1-14(29)28-11-8-21(13-28,17(31)23-5)26-16(30)15(25-19(32)33-20(2,3)4)7-6-10-27-12-9-24-18(27)22/h9,12,15H,6-8,10-11,13H2,1-5H3,(H2,22,24)(H,23,31)(H,25,32)(H,26,30)/t15-,21?/m0/s1. The van der Waals surface area contributed by atoms with Gasteiger partial charge in [-0.05, 0) is 40.0 Å². The van der Waals surface area contributed by atoms with Gasteiger partial charge in [-0.1, -0.05) is 0 Å². The molecule has 1 aliphatic heterocycles. The Bertz CT molecular complexity index is 879. The van der Waals surface area contributed by atoms with Crippen LogP contribution >= 0.6 is 0 Å². The fourth-order valence-electron chi connectivity index (χ4n) is 3.70. The van der Waals surface area contributed by atoms with Gasteiger partial charge in [0.15, 0.2) is 5.95 Å². The smallest absolute Gasteiger partial charge is 0.408 e. The number of rotatable bonds is 8. The second kappa shape index (κ2) is 10.5. The molecule has 1 unspecified atom stereocenters. The highest BCUT2D eigenvalue weighted by atomic mass is 16.6. The van der Waals surface area contributed by atoms with Gasteiger partial charge >= 0.3 is 6.09 Å². The number of likely N-dealkylation sites (tertiary alicyclic amines) is 1. The van der Waals surface area contributed by atoms with Gasteiger partial charge in [-0.15, -0.1) is 0 Å². The summed E-state index contributed by atoms with van der Waals surface area (Å²) in [6, 6.07) is -0.961. The van der Waals surface area contributed by atoms with E-state index in [1.54, 1.807) is 37.7 Å². The van der Waals surface area contributed by atoms with Crippen LogP contribution in [-0.4, -0.2) is 75.6 Å². The van der Waals surface area contributed by atoms with Crippen molar-refractivity contribution in [2.75, 3.05) is 25.9 Å². The number of nitrogens with one attached hydrogen (secondary N) is 3. The van der Waals surface area contributed by atoms with Crippen LogP contribution < -0.4 is 21.7 Å². The zero-order chi connectivity index (χ0) is 24.8. The molecule has 0 aromatic carbocycles. The highest BCUT2D eigenvalue weighted by Gasteiger charge is 2.47. The van der Waals surface area contributed by atoms with E-state index in [-0.39, 0.29) is 25.3 Å². The summed E-state index contributed by atoms with van der Waals surface area (Å²) in [7, 11) is 1.47. The van der Waals surface area contributed by atoms with Crippen molar-refractivity contribution in [3.8, 4) is 0 Å². The molecule has 12 nitrogen and oxygen atoms in total. The average molecular weight is 466 g/mol. The second-order valence-corrected chi connectivity index (χ2v) is 9.16. The number of carbonyl (C=O) groups excluding carboxylic acids is 4. The third-order valence-electron chi connectivity index (χ3n) is 5.39. The molecule has 0 spiro atoms. The van der Waals surface area contributed by atoms with E-state index in [4.69, 9.17) is 10.5 Å². The lowest BCUT2D eigenvalue weighted by atomic mass is 9.96. The van der Waals surface area contributed by atoms with Gasteiger partial charge in [0, 0.05) is 39.5 Å². The molecule has 1 aromatic rings. The van der Waals surface area contributed by atoms with Crippen LogP contribution in [0.5, 0.6) is 0 Å². The third-order valence-corrected chi connectivity index (χ3v) is 5.39. The predicted molar refractivity (Wildman–Crippen MR) is 121 cm³/mol. The Morgan fingerprint density at radius 1 is 1.30 bits per heavy atom. The lowest BCUT2D eigenvalue weighted by Crippen LogP contribution is -2.63. The van der Waals surface area contributed by atoms with Gasteiger partial charge in [0.1, 0.15) is 17.2 Å². The number of carbonyl (C=O) groups is 4. The van der Waals surface area contributed by atoms with E-state index in [2.05, 4.69) is 20.9 Å². The van der Waals surface area contributed by atoms with Crippen LogP contribution in [0.25, 0.3) is 0 Å². The summed E-state index contributed by atoms with van der Waals surface area (Å²) in [6.45, 7) is 7.46. The molecule has 0 aliphatic carbocycles. The maximum atomic E-state index is 13.3. The number of ether oxygens (including phenoxy) is 1. The van der Waals surface area contributed by atoms with Crippen LogP contribution in [-0.2, 0) is 25.7 Å². The van der Waals surface area contributed by atoms with Gasteiger partial charge in [-0.2, -0.15) is 0 Å². The first-order valence-corrected chi connectivity index (χ1v) is 10.9. The topological polar surface area (TPSA) is 161 Å². The van der Waals surface area contributed by atoms with Crippen LogP contribution in [0.2, 0.25) is 0 Å². The molecule has 2 rings (SSSR count). The average Bonchev–Trinajstić information content (AvgIpc) is 3.32. The summed E-state index contributed by atoms with van der Waals surface area (Å²) in [4.78, 5) is 55.6. The van der Waals surface area contributed by atoms with Gasteiger partial charge in [-0.3, -0.25) is 14.4 Å². The van der Waals surface area contributed by atoms with Crippen molar-refractivity contribution >= 4 is 29.8 Å². The SMILES string of the molecule is CNC(=O)C1(NC(=O)[C@H](CCCn2ccnc2N)NC(=O)OC(C)(C)C)CCN(C(C)=O)C1. The number of amides is 4. The lowest BCUT2D eigenvalue weighted by molar-refractivity contribution is -0.135. The summed E-state index contributed by atoms with van der Waals surface area (Å²) < 4.78 is 7.04. The number of likely N-dealkylation sites (N-methyl/N-ethyl adjacent to an activating group) is 1. The Hall–Kier alpha value is -3.31. The number of imidazole rings is 1. The van der Waals surface area contributed by atoms with Crippen LogP contribution in [0.15, 0.2) is 12.4 Å². The minimum Gasteiger partial charge on any atom is -0.444 e. The molecule has 2 heterocycles. The monoisotopic (exact) mass is 465 g/mol. The summed E-state index contributed by atoms with van der Waals surface area (Å²) in [5.74, 6) is -0.767. The van der Waals surface area contributed by atoms with Gasteiger partial charge in [0.05, 0.1) is 6.54 Å². The third kappa shape index (κ3) is 7.09. The normalized spacial score (nSPS) is 19.0. The lowest BCUT2D eigenvalue weighted by Gasteiger charge is -2.31. The molecule has 1 fully saturated rings. The van der Waals surface area contributed by atoms with Crippen molar-refractivity contribution in [1.29, 1.82) is 0 Å². The number of nitrogen functional groups attached to an aromatic ring is 1. The number of aryl methyl sites for hydroxylation is 1. The number of hydrogen-bond acceptors (Lipinski definition) is 7. The molecule has 33 heavy (non-hydrogen) atoms. The van der Waals surface area contributed by atoms with Crippen LogP contribution in [0, 0.1) is 0 Å². The van der Waals surface area contributed by atoms with E-state index in [1.807, 2.05) is 0 Å². The highest BCUT2D eigenvalue weighted by molar-refractivity contribution is 5.95. The first-order valence-electron chi connectivity index (χ1n) is 10.9. The zero-order valence-corrected chi connectivity index (χ0v) is 19.9. The molecule has 2 atom stereocenters. The van der Waals surface area contributed by atoms with Gasteiger partial charge < -0.3 is 35.9 Å². The Morgan fingerprint density at radius 2 is 2.00 bits per heavy atom. The predicted octanol–water partition coefficient (Wildman–Crippen LogP) is -0.00800. The van der Waals surface area contributed by atoms with E-state index in [0.29, 0.717) is 25.5 Å². The van der Waals surface area contributed by atoms with Crippen LogP contribution in [0.3, 0.4) is 0 Å². The summed E-state index contributed by atoms with van der Waals surface area (Å²) in [6.07, 6.45) is 3.59. The van der Waals surface area contributed by atoms with Crippen LogP contribution in [0.4, 0.5) is 10.7 Å². The highest BCUT2D eigenvalue weighted by Crippen LogP contribution is 2.23. The molecule has 0 saturated carbocycles. The van der Waals surface area contributed by atoms with E-state index in [9.17, 15) is 19.2 Å². The minimum atomic E-state index is -1.28. The van der Waals surface area contributed by atoms with E-state index >= 15 is 0 Å².